The number of rotatable bonds is 8. The Kier molecular flexibility index (Phi) is 6.30. The van der Waals surface area contributed by atoms with E-state index in [-0.39, 0.29) is 18.2 Å². The van der Waals surface area contributed by atoms with Crippen molar-refractivity contribution < 1.29 is 14.6 Å². The number of aliphatic hydroxyl groups excluding tert-OH is 1. The van der Waals surface area contributed by atoms with Crippen LogP contribution < -0.4 is 14.8 Å². The molecule has 1 aromatic carbocycles. The third-order valence-corrected chi connectivity index (χ3v) is 2.84. The molecule has 0 radical (unpaired) electrons. The van der Waals surface area contributed by atoms with Crippen LogP contribution in [0, 0.1) is 0 Å². The van der Waals surface area contributed by atoms with Crippen LogP contribution in [0.1, 0.15) is 40.2 Å². The Labute approximate surface area is 122 Å². The molecule has 0 spiro atoms. The normalized spacial score (nSPS) is 11.8. The second kappa shape index (κ2) is 7.50. The fourth-order valence-corrected chi connectivity index (χ4v) is 1.68. The maximum absolute atomic E-state index is 9.25. The van der Waals surface area contributed by atoms with E-state index in [2.05, 4.69) is 5.32 Å². The van der Waals surface area contributed by atoms with Crippen LogP contribution in [0.25, 0.3) is 0 Å². The Hall–Kier alpha value is -1.26. The zero-order chi connectivity index (χ0) is 15.2. The highest BCUT2D eigenvalue weighted by molar-refractivity contribution is 5.43. The average molecular weight is 281 g/mol. The van der Waals surface area contributed by atoms with Crippen molar-refractivity contribution in [2.75, 3.05) is 13.2 Å². The van der Waals surface area contributed by atoms with Crippen LogP contribution in [0.3, 0.4) is 0 Å². The first kappa shape index (κ1) is 16.8. The summed E-state index contributed by atoms with van der Waals surface area (Å²) in [5.41, 5.74) is 0.810. The summed E-state index contributed by atoms with van der Waals surface area (Å²) in [6, 6.07) is 5.94. The zero-order valence-corrected chi connectivity index (χ0v) is 13.2. The molecule has 1 aromatic rings. The molecule has 1 rings (SSSR count). The molecule has 0 amide bonds. The molecule has 0 aliphatic carbocycles. The SMILES string of the molecule is CCOc1cc(CNC(C)(C)CO)ccc1OC(C)C. The van der Waals surface area contributed by atoms with Crippen molar-refractivity contribution in [3.8, 4) is 11.5 Å². The minimum absolute atomic E-state index is 0.0971. The molecule has 20 heavy (non-hydrogen) atoms. The van der Waals surface area contributed by atoms with E-state index in [4.69, 9.17) is 9.47 Å². The number of ether oxygens (including phenoxy) is 2. The quantitative estimate of drug-likeness (QED) is 0.769. The summed E-state index contributed by atoms with van der Waals surface area (Å²) < 4.78 is 11.4. The van der Waals surface area contributed by atoms with Gasteiger partial charge in [-0.15, -0.1) is 0 Å². The Bertz CT molecular complexity index is 416. The number of nitrogens with one attached hydrogen (secondary N) is 1. The van der Waals surface area contributed by atoms with Gasteiger partial charge >= 0.3 is 0 Å². The van der Waals surface area contributed by atoms with E-state index >= 15 is 0 Å². The topological polar surface area (TPSA) is 50.7 Å². The van der Waals surface area contributed by atoms with E-state index in [1.807, 2.05) is 52.8 Å². The molecule has 0 aliphatic rings. The Morgan fingerprint density at radius 1 is 1.25 bits per heavy atom. The summed E-state index contributed by atoms with van der Waals surface area (Å²) in [5, 5.41) is 12.6. The van der Waals surface area contributed by atoms with Gasteiger partial charge in [0.05, 0.1) is 19.3 Å². The lowest BCUT2D eigenvalue weighted by Crippen LogP contribution is -2.42. The summed E-state index contributed by atoms with van der Waals surface area (Å²) in [4.78, 5) is 0. The highest BCUT2D eigenvalue weighted by atomic mass is 16.5. The number of aliphatic hydroxyl groups is 1. The second-order valence-electron chi connectivity index (χ2n) is 5.78. The first-order chi connectivity index (χ1) is 9.38. The summed E-state index contributed by atoms with van der Waals surface area (Å²) in [6.45, 7) is 11.3. The molecule has 114 valence electrons. The highest BCUT2D eigenvalue weighted by Crippen LogP contribution is 2.29. The third kappa shape index (κ3) is 5.39. The molecular weight excluding hydrogens is 254 g/mol. The summed E-state index contributed by atoms with van der Waals surface area (Å²) in [6.07, 6.45) is 0.117. The van der Waals surface area contributed by atoms with Gasteiger partial charge in [0.1, 0.15) is 0 Å². The van der Waals surface area contributed by atoms with E-state index in [1.54, 1.807) is 0 Å². The molecule has 0 fully saturated rings. The van der Waals surface area contributed by atoms with Gasteiger partial charge in [0, 0.05) is 12.1 Å². The number of hydrogen-bond acceptors (Lipinski definition) is 4. The molecule has 2 N–H and O–H groups in total. The maximum Gasteiger partial charge on any atom is 0.161 e. The van der Waals surface area contributed by atoms with Gasteiger partial charge in [-0.2, -0.15) is 0 Å². The van der Waals surface area contributed by atoms with Crippen LogP contribution in [0.2, 0.25) is 0 Å². The lowest BCUT2D eigenvalue weighted by atomic mass is 10.1. The Morgan fingerprint density at radius 2 is 1.95 bits per heavy atom. The van der Waals surface area contributed by atoms with Crippen molar-refractivity contribution in [2.45, 2.75) is 52.8 Å². The molecule has 4 nitrogen and oxygen atoms in total. The molecule has 0 bridgehead atoms. The van der Waals surface area contributed by atoms with Crippen molar-refractivity contribution in [2.24, 2.45) is 0 Å². The van der Waals surface area contributed by atoms with Crippen LogP contribution in [0.4, 0.5) is 0 Å². The molecule has 0 saturated carbocycles. The summed E-state index contributed by atoms with van der Waals surface area (Å²) in [5.74, 6) is 1.54. The van der Waals surface area contributed by atoms with Crippen LogP contribution >= 0.6 is 0 Å². The fraction of sp³-hybridized carbons (Fsp3) is 0.625. The Morgan fingerprint density at radius 3 is 2.50 bits per heavy atom. The van der Waals surface area contributed by atoms with Gasteiger partial charge in [-0.3, -0.25) is 0 Å². The van der Waals surface area contributed by atoms with E-state index in [0.717, 1.165) is 17.1 Å². The van der Waals surface area contributed by atoms with Gasteiger partial charge in [0.2, 0.25) is 0 Å². The third-order valence-electron chi connectivity index (χ3n) is 2.84. The molecule has 0 saturated heterocycles. The summed E-state index contributed by atoms with van der Waals surface area (Å²) in [7, 11) is 0. The van der Waals surface area contributed by atoms with Gasteiger partial charge in [-0.25, -0.2) is 0 Å². The molecule has 0 aliphatic heterocycles. The predicted molar refractivity (Wildman–Crippen MR) is 81.4 cm³/mol. The van der Waals surface area contributed by atoms with Crippen LogP contribution in [-0.4, -0.2) is 30.0 Å². The lowest BCUT2D eigenvalue weighted by molar-refractivity contribution is 0.187. The van der Waals surface area contributed by atoms with Gasteiger partial charge in [-0.05, 0) is 52.3 Å². The fourth-order valence-electron chi connectivity index (χ4n) is 1.68. The first-order valence-corrected chi connectivity index (χ1v) is 7.16. The van der Waals surface area contributed by atoms with E-state index in [9.17, 15) is 5.11 Å². The molecule has 0 atom stereocenters. The minimum atomic E-state index is -0.293. The molecule has 0 aromatic heterocycles. The number of hydrogen-bond donors (Lipinski definition) is 2. The van der Waals surface area contributed by atoms with Crippen molar-refractivity contribution in [1.82, 2.24) is 5.32 Å². The van der Waals surface area contributed by atoms with E-state index < -0.39 is 0 Å². The standard InChI is InChI=1S/C16H27NO3/c1-6-19-15-9-13(10-17-16(4,5)11-18)7-8-14(15)20-12(2)3/h7-9,12,17-18H,6,10-11H2,1-5H3. The van der Waals surface area contributed by atoms with Gasteiger partial charge in [0.25, 0.3) is 0 Å². The largest absolute Gasteiger partial charge is 0.490 e. The van der Waals surface area contributed by atoms with Crippen LogP contribution in [-0.2, 0) is 6.54 Å². The van der Waals surface area contributed by atoms with E-state index in [1.165, 1.54) is 0 Å². The highest BCUT2D eigenvalue weighted by Gasteiger charge is 2.15. The molecule has 0 heterocycles. The van der Waals surface area contributed by atoms with Gasteiger partial charge < -0.3 is 19.9 Å². The van der Waals surface area contributed by atoms with Crippen LogP contribution in [0.15, 0.2) is 18.2 Å². The second-order valence-corrected chi connectivity index (χ2v) is 5.78. The monoisotopic (exact) mass is 281 g/mol. The lowest BCUT2D eigenvalue weighted by Gasteiger charge is -2.24. The van der Waals surface area contributed by atoms with Crippen molar-refractivity contribution in [3.63, 3.8) is 0 Å². The maximum atomic E-state index is 9.25. The average Bonchev–Trinajstić information content (AvgIpc) is 2.39. The molecule has 0 unspecified atom stereocenters. The summed E-state index contributed by atoms with van der Waals surface area (Å²) >= 11 is 0. The predicted octanol–water partition coefficient (Wildman–Crippen LogP) is 2.73. The van der Waals surface area contributed by atoms with Gasteiger partial charge in [-0.1, -0.05) is 6.07 Å². The van der Waals surface area contributed by atoms with E-state index in [0.29, 0.717) is 13.2 Å². The van der Waals surface area contributed by atoms with Crippen molar-refractivity contribution in [3.05, 3.63) is 23.8 Å². The zero-order valence-electron chi connectivity index (χ0n) is 13.2. The molecular formula is C16H27NO3. The van der Waals surface area contributed by atoms with Crippen molar-refractivity contribution in [1.29, 1.82) is 0 Å². The van der Waals surface area contributed by atoms with Crippen molar-refractivity contribution >= 4 is 0 Å². The van der Waals surface area contributed by atoms with Crippen LogP contribution in [0.5, 0.6) is 11.5 Å². The minimum Gasteiger partial charge on any atom is -0.490 e. The first-order valence-electron chi connectivity index (χ1n) is 7.16. The van der Waals surface area contributed by atoms with Gasteiger partial charge in [0.15, 0.2) is 11.5 Å². The smallest absolute Gasteiger partial charge is 0.161 e. The Balaban J connectivity index is 2.81. The molecule has 4 heteroatoms. The number of benzene rings is 1.